The minimum absolute atomic E-state index is 1.07. The number of nitrogens with zero attached hydrogens (tertiary/aromatic N) is 1. The Morgan fingerprint density at radius 3 is 2.03 bits per heavy atom. The highest BCUT2D eigenvalue weighted by Crippen LogP contribution is 2.38. The maximum Gasteiger partial charge on any atom is 0.0547 e. The molecule has 35 heavy (non-hydrogen) atoms. The highest BCUT2D eigenvalue weighted by atomic mass is 15.0. The Labute approximate surface area is 204 Å². The summed E-state index contributed by atoms with van der Waals surface area (Å²) in [6.45, 7) is 0. The molecule has 1 heterocycles. The molecule has 3 nitrogen and oxygen atoms in total. The van der Waals surface area contributed by atoms with Crippen LogP contribution in [0.2, 0.25) is 0 Å². The van der Waals surface area contributed by atoms with Crippen molar-refractivity contribution in [3.8, 4) is 16.8 Å². The lowest BCUT2D eigenvalue weighted by Gasteiger charge is -2.13. The molecule has 6 aromatic rings. The molecule has 0 unspecified atom stereocenters. The van der Waals surface area contributed by atoms with Gasteiger partial charge in [-0.3, -0.25) is 0 Å². The second-order valence-corrected chi connectivity index (χ2v) is 8.65. The summed E-state index contributed by atoms with van der Waals surface area (Å²) in [5.41, 5.74) is 19.5. The van der Waals surface area contributed by atoms with E-state index in [0.717, 1.165) is 27.9 Å². The topological polar surface area (TPSA) is 57.0 Å². The molecular weight excluding hydrogens is 426 g/mol. The first-order valence-corrected chi connectivity index (χ1v) is 11.7. The van der Waals surface area contributed by atoms with Gasteiger partial charge < -0.3 is 16.0 Å². The van der Waals surface area contributed by atoms with E-state index in [1.807, 2.05) is 18.2 Å². The number of para-hydroxylation sites is 2. The highest BCUT2D eigenvalue weighted by Gasteiger charge is 2.15. The molecule has 0 saturated carbocycles. The molecule has 168 valence electrons. The third-order valence-electron chi connectivity index (χ3n) is 6.62. The molecule has 0 aliphatic heterocycles. The highest BCUT2D eigenvalue weighted by molar-refractivity contribution is 6.14. The minimum Gasteiger partial charge on any atom is -0.405 e. The molecule has 0 amide bonds. The van der Waals surface area contributed by atoms with Crippen molar-refractivity contribution in [2.75, 3.05) is 0 Å². The van der Waals surface area contributed by atoms with Gasteiger partial charge in [0.05, 0.1) is 11.0 Å². The summed E-state index contributed by atoms with van der Waals surface area (Å²) in [7, 11) is 0. The van der Waals surface area contributed by atoms with Crippen LogP contribution in [0, 0.1) is 0 Å². The maximum absolute atomic E-state index is 5.86. The predicted molar refractivity (Wildman–Crippen MR) is 150 cm³/mol. The quantitative estimate of drug-likeness (QED) is 0.292. The van der Waals surface area contributed by atoms with E-state index >= 15 is 0 Å². The van der Waals surface area contributed by atoms with Gasteiger partial charge in [0.1, 0.15) is 0 Å². The van der Waals surface area contributed by atoms with E-state index in [-0.39, 0.29) is 0 Å². The predicted octanol–water partition coefficient (Wildman–Crippen LogP) is 7.46. The van der Waals surface area contributed by atoms with Gasteiger partial charge in [0.15, 0.2) is 0 Å². The molecule has 1 aromatic heterocycles. The monoisotopic (exact) mass is 451 g/mol. The zero-order chi connectivity index (χ0) is 23.8. The first-order valence-electron chi connectivity index (χ1n) is 11.7. The molecule has 0 saturated heterocycles. The number of hydrogen-bond acceptors (Lipinski definition) is 2. The van der Waals surface area contributed by atoms with Crippen LogP contribution in [0.15, 0.2) is 116 Å². The molecule has 6 rings (SSSR count). The molecule has 0 bridgehead atoms. The van der Waals surface area contributed by atoms with E-state index in [9.17, 15) is 0 Å². The van der Waals surface area contributed by atoms with E-state index in [0.29, 0.717) is 0 Å². The van der Waals surface area contributed by atoms with E-state index in [4.69, 9.17) is 11.5 Å². The van der Waals surface area contributed by atoms with E-state index < -0.39 is 0 Å². The third kappa shape index (κ3) is 3.46. The van der Waals surface area contributed by atoms with Crippen LogP contribution in [0.5, 0.6) is 0 Å². The third-order valence-corrected chi connectivity index (χ3v) is 6.62. The van der Waals surface area contributed by atoms with Crippen LogP contribution in [-0.2, 0) is 0 Å². The molecule has 4 N–H and O–H groups in total. The molecule has 0 aliphatic carbocycles. The fourth-order valence-corrected chi connectivity index (χ4v) is 5.10. The average Bonchev–Trinajstić information content (AvgIpc) is 3.21. The molecule has 5 aromatic carbocycles. The van der Waals surface area contributed by atoms with Crippen LogP contribution >= 0.6 is 0 Å². The normalized spacial score (nSPS) is 12.0. The summed E-state index contributed by atoms with van der Waals surface area (Å²) in [5, 5.41) is 4.83. The van der Waals surface area contributed by atoms with Crippen LogP contribution in [0.4, 0.5) is 0 Å². The van der Waals surface area contributed by atoms with Crippen molar-refractivity contribution in [3.63, 3.8) is 0 Å². The Balaban J connectivity index is 1.71. The van der Waals surface area contributed by atoms with Crippen molar-refractivity contribution in [2.45, 2.75) is 0 Å². The Bertz CT molecular complexity index is 1760. The summed E-state index contributed by atoms with van der Waals surface area (Å²) in [6.07, 6.45) is 7.09. The number of benzene rings is 5. The Morgan fingerprint density at radius 2 is 1.20 bits per heavy atom. The molecule has 0 radical (unpaired) electrons. The van der Waals surface area contributed by atoms with Gasteiger partial charge in [0.2, 0.25) is 0 Å². The summed E-state index contributed by atoms with van der Waals surface area (Å²) in [6, 6.07) is 36.5. The van der Waals surface area contributed by atoms with Crippen molar-refractivity contribution in [3.05, 3.63) is 127 Å². The van der Waals surface area contributed by atoms with Gasteiger partial charge in [-0.25, -0.2) is 0 Å². The molecule has 0 spiro atoms. The van der Waals surface area contributed by atoms with Crippen molar-refractivity contribution >= 4 is 44.7 Å². The minimum atomic E-state index is 1.07. The van der Waals surface area contributed by atoms with Crippen LogP contribution in [-0.4, -0.2) is 4.57 Å². The van der Waals surface area contributed by atoms with Gasteiger partial charge in [-0.05, 0) is 100 Å². The number of rotatable bonds is 4. The first-order chi connectivity index (χ1) is 17.3. The van der Waals surface area contributed by atoms with E-state index in [1.165, 1.54) is 32.6 Å². The second-order valence-electron chi connectivity index (χ2n) is 8.65. The first kappa shape index (κ1) is 20.8. The molecule has 0 fully saturated rings. The fourth-order valence-electron chi connectivity index (χ4n) is 5.10. The maximum atomic E-state index is 5.86. The van der Waals surface area contributed by atoms with Crippen molar-refractivity contribution in [2.24, 2.45) is 11.5 Å². The Kier molecular flexibility index (Phi) is 5.08. The van der Waals surface area contributed by atoms with Gasteiger partial charge in [0, 0.05) is 16.5 Å². The van der Waals surface area contributed by atoms with E-state index in [2.05, 4.69) is 102 Å². The number of nitrogens with two attached hydrogens (primary N) is 2. The number of hydrogen-bond donors (Lipinski definition) is 2. The van der Waals surface area contributed by atoms with Crippen LogP contribution in [0.3, 0.4) is 0 Å². The zero-order valence-corrected chi connectivity index (χ0v) is 19.2. The summed E-state index contributed by atoms with van der Waals surface area (Å²) >= 11 is 0. The standard InChI is InChI=1S/C32H25N3/c33-16-14-22-8-4-5-11-27(22)29-19-25-21-32-30(20-24(25)18-23(29)15-17-34)28-12-6-7-13-31(28)35(32)26-9-2-1-3-10-26/h1-21H,33-34H2/b16-14-,17-15-. The summed E-state index contributed by atoms with van der Waals surface area (Å²) < 4.78 is 2.35. The SMILES string of the molecule is N/C=C\c1ccccc1-c1cc2cc3c(cc2cc1/C=C\N)c1ccccc1n3-c1ccccc1. The van der Waals surface area contributed by atoms with Crippen molar-refractivity contribution in [1.82, 2.24) is 4.57 Å². The summed E-state index contributed by atoms with van der Waals surface area (Å²) in [4.78, 5) is 0. The molecule has 0 aliphatic rings. The smallest absolute Gasteiger partial charge is 0.0547 e. The Morgan fingerprint density at radius 1 is 0.514 bits per heavy atom. The number of aromatic nitrogens is 1. The average molecular weight is 452 g/mol. The van der Waals surface area contributed by atoms with Gasteiger partial charge >= 0.3 is 0 Å². The van der Waals surface area contributed by atoms with Gasteiger partial charge in [0.25, 0.3) is 0 Å². The lowest BCUT2D eigenvalue weighted by atomic mass is 9.92. The van der Waals surface area contributed by atoms with E-state index in [1.54, 1.807) is 12.4 Å². The van der Waals surface area contributed by atoms with Crippen molar-refractivity contribution in [1.29, 1.82) is 0 Å². The van der Waals surface area contributed by atoms with Gasteiger partial charge in [-0.2, -0.15) is 0 Å². The van der Waals surface area contributed by atoms with Crippen LogP contribution in [0.1, 0.15) is 11.1 Å². The largest absolute Gasteiger partial charge is 0.405 e. The van der Waals surface area contributed by atoms with Gasteiger partial charge in [-0.15, -0.1) is 0 Å². The molecule has 0 atom stereocenters. The van der Waals surface area contributed by atoms with Crippen LogP contribution in [0.25, 0.3) is 61.5 Å². The summed E-state index contributed by atoms with van der Waals surface area (Å²) in [5.74, 6) is 0. The van der Waals surface area contributed by atoms with Gasteiger partial charge in [-0.1, -0.05) is 60.7 Å². The lowest BCUT2D eigenvalue weighted by Crippen LogP contribution is -1.93. The zero-order valence-electron chi connectivity index (χ0n) is 19.2. The fraction of sp³-hybridized carbons (Fsp3) is 0. The van der Waals surface area contributed by atoms with Crippen LogP contribution < -0.4 is 11.5 Å². The lowest BCUT2D eigenvalue weighted by molar-refractivity contribution is 1.18. The Hall–Kier alpha value is -4.76. The van der Waals surface area contributed by atoms with Crippen molar-refractivity contribution < 1.29 is 0 Å². The molecular formula is C32H25N3. The number of fused-ring (bicyclic) bond motifs is 4. The second kappa shape index (κ2) is 8.54. The molecule has 3 heteroatoms.